The molecule has 0 radical (unpaired) electrons. The first-order chi connectivity index (χ1) is 6.56. The number of carbonyl (C=O) groups excluding carboxylic acids is 1. The molecule has 1 rings (SSSR count). The van der Waals surface area contributed by atoms with Gasteiger partial charge in [-0.25, -0.2) is 4.39 Å². The second kappa shape index (κ2) is 5.24. The number of hydrogen-bond acceptors (Lipinski definition) is 1. The standard InChI is InChI=1S/C9H6Br2ClFO/c10-4-7(11)9(14)6-2-1-5(13)3-8(6)12/h1-3,7H,4H2. The van der Waals surface area contributed by atoms with Gasteiger partial charge in [0.25, 0.3) is 0 Å². The molecule has 0 saturated heterocycles. The number of hydrogen-bond donors (Lipinski definition) is 0. The number of carbonyl (C=O) groups is 1. The molecular formula is C9H6Br2ClFO. The van der Waals surface area contributed by atoms with Crippen LogP contribution in [0.3, 0.4) is 0 Å². The summed E-state index contributed by atoms with van der Waals surface area (Å²) in [5, 5.41) is 0.625. The van der Waals surface area contributed by atoms with Gasteiger partial charge in [-0.1, -0.05) is 43.5 Å². The summed E-state index contributed by atoms with van der Waals surface area (Å²) in [5.41, 5.74) is 0.328. The van der Waals surface area contributed by atoms with Crippen molar-refractivity contribution < 1.29 is 9.18 Å². The molecule has 1 nitrogen and oxygen atoms in total. The Morgan fingerprint density at radius 2 is 2.21 bits per heavy atom. The smallest absolute Gasteiger partial charge is 0.178 e. The minimum Gasteiger partial charge on any atom is -0.293 e. The van der Waals surface area contributed by atoms with Gasteiger partial charge in [0, 0.05) is 10.9 Å². The van der Waals surface area contributed by atoms with E-state index in [0.717, 1.165) is 6.07 Å². The molecule has 0 bridgehead atoms. The van der Waals surface area contributed by atoms with Gasteiger partial charge in [0.05, 0.1) is 9.85 Å². The SMILES string of the molecule is O=C(c1ccc(F)cc1Cl)C(Br)CBr. The second-order valence-electron chi connectivity index (χ2n) is 2.61. The average Bonchev–Trinajstić information content (AvgIpc) is 2.15. The van der Waals surface area contributed by atoms with Gasteiger partial charge in [-0.05, 0) is 18.2 Å². The number of alkyl halides is 2. The Labute approximate surface area is 103 Å². The van der Waals surface area contributed by atoms with Crippen LogP contribution in [0, 0.1) is 5.82 Å². The lowest BCUT2D eigenvalue weighted by Crippen LogP contribution is -2.15. The number of halogens is 4. The lowest BCUT2D eigenvalue weighted by atomic mass is 10.1. The van der Waals surface area contributed by atoms with Crippen molar-refractivity contribution in [2.24, 2.45) is 0 Å². The molecule has 76 valence electrons. The number of rotatable bonds is 3. The summed E-state index contributed by atoms with van der Waals surface area (Å²) in [6, 6.07) is 3.73. The lowest BCUT2D eigenvalue weighted by molar-refractivity contribution is 0.0997. The van der Waals surface area contributed by atoms with Crippen molar-refractivity contribution in [2.75, 3.05) is 5.33 Å². The molecule has 14 heavy (non-hydrogen) atoms. The Hall–Kier alpha value is 0.0700. The van der Waals surface area contributed by atoms with E-state index in [1.807, 2.05) is 0 Å². The predicted molar refractivity (Wildman–Crippen MR) is 62.2 cm³/mol. The van der Waals surface area contributed by atoms with Crippen molar-refractivity contribution in [1.82, 2.24) is 0 Å². The average molecular weight is 344 g/mol. The summed E-state index contributed by atoms with van der Waals surface area (Å²) in [6.45, 7) is 0. The highest BCUT2D eigenvalue weighted by Crippen LogP contribution is 2.21. The van der Waals surface area contributed by atoms with Crippen LogP contribution in [0.2, 0.25) is 5.02 Å². The van der Waals surface area contributed by atoms with Crippen molar-refractivity contribution in [3.63, 3.8) is 0 Å². The fraction of sp³-hybridized carbons (Fsp3) is 0.222. The van der Waals surface area contributed by atoms with E-state index in [1.165, 1.54) is 12.1 Å². The molecule has 0 fully saturated rings. The summed E-state index contributed by atoms with van der Waals surface area (Å²) in [7, 11) is 0. The number of benzene rings is 1. The van der Waals surface area contributed by atoms with Crippen molar-refractivity contribution in [3.8, 4) is 0 Å². The van der Waals surface area contributed by atoms with E-state index < -0.39 is 5.82 Å². The van der Waals surface area contributed by atoms with E-state index >= 15 is 0 Å². The third kappa shape index (κ3) is 2.78. The van der Waals surface area contributed by atoms with Gasteiger partial charge in [-0.15, -0.1) is 0 Å². The van der Waals surface area contributed by atoms with Crippen LogP contribution in [0.25, 0.3) is 0 Å². The highest BCUT2D eigenvalue weighted by atomic mass is 79.9. The monoisotopic (exact) mass is 342 g/mol. The van der Waals surface area contributed by atoms with E-state index in [4.69, 9.17) is 11.6 Å². The van der Waals surface area contributed by atoms with E-state index in [-0.39, 0.29) is 15.6 Å². The normalized spacial score (nSPS) is 12.6. The molecule has 0 N–H and O–H groups in total. The molecule has 1 unspecified atom stereocenters. The Morgan fingerprint density at radius 1 is 1.57 bits per heavy atom. The topological polar surface area (TPSA) is 17.1 Å². The highest BCUT2D eigenvalue weighted by molar-refractivity contribution is 9.12. The number of Topliss-reactive ketones (excluding diaryl/α,β-unsaturated/α-hetero) is 1. The van der Waals surface area contributed by atoms with Crippen LogP contribution in [-0.4, -0.2) is 15.9 Å². The van der Waals surface area contributed by atoms with Crippen molar-refractivity contribution in [2.45, 2.75) is 4.83 Å². The van der Waals surface area contributed by atoms with Crippen LogP contribution < -0.4 is 0 Å². The predicted octanol–water partition coefficient (Wildman–Crippen LogP) is 3.82. The molecule has 1 aromatic rings. The Bertz CT molecular complexity index is 357. The minimum absolute atomic E-state index is 0.139. The molecule has 0 heterocycles. The van der Waals surface area contributed by atoms with Crippen LogP contribution in [0.15, 0.2) is 18.2 Å². The van der Waals surface area contributed by atoms with Gasteiger partial charge in [0.2, 0.25) is 0 Å². The van der Waals surface area contributed by atoms with Crippen LogP contribution in [0.5, 0.6) is 0 Å². The Morgan fingerprint density at radius 3 is 2.71 bits per heavy atom. The van der Waals surface area contributed by atoms with Crippen LogP contribution >= 0.6 is 43.5 Å². The van der Waals surface area contributed by atoms with Gasteiger partial charge < -0.3 is 0 Å². The molecule has 0 aliphatic rings. The van der Waals surface area contributed by atoms with Crippen LogP contribution in [-0.2, 0) is 0 Å². The van der Waals surface area contributed by atoms with Gasteiger partial charge >= 0.3 is 0 Å². The van der Waals surface area contributed by atoms with Crippen molar-refractivity contribution >= 4 is 49.2 Å². The first-order valence-electron chi connectivity index (χ1n) is 3.75. The zero-order valence-electron chi connectivity index (χ0n) is 6.94. The zero-order valence-corrected chi connectivity index (χ0v) is 10.9. The molecular weight excluding hydrogens is 338 g/mol. The van der Waals surface area contributed by atoms with E-state index in [9.17, 15) is 9.18 Å². The van der Waals surface area contributed by atoms with E-state index in [0.29, 0.717) is 10.9 Å². The van der Waals surface area contributed by atoms with E-state index in [1.54, 1.807) is 0 Å². The molecule has 5 heteroatoms. The molecule has 0 aliphatic heterocycles. The third-order valence-electron chi connectivity index (χ3n) is 1.62. The molecule has 1 aromatic carbocycles. The maximum absolute atomic E-state index is 12.7. The third-order valence-corrected chi connectivity index (χ3v) is 4.19. The largest absolute Gasteiger partial charge is 0.293 e. The van der Waals surface area contributed by atoms with Crippen molar-refractivity contribution in [1.29, 1.82) is 0 Å². The first kappa shape index (κ1) is 12.1. The van der Waals surface area contributed by atoms with Crippen LogP contribution in [0.1, 0.15) is 10.4 Å². The van der Waals surface area contributed by atoms with Gasteiger partial charge in [0.1, 0.15) is 5.82 Å². The summed E-state index contributed by atoms with van der Waals surface area (Å²) in [5.74, 6) is -0.608. The molecule has 1 atom stereocenters. The maximum atomic E-state index is 12.7. The summed E-state index contributed by atoms with van der Waals surface area (Å²) in [6.07, 6.45) is 0. The number of ketones is 1. The fourth-order valence-electron chi connectivity index (χ4n) is 0.928. The second-order valence-corrected chi connectivity index (χ2v) is 4.77. The summed E-state index contributed by atoms with van der Waals surface area (Å²) < 4.78 is 12.7. The summed E-state index contributed by atoms with van der Waals surface area (Å²) in [4.78, 5) is 11.3. The quantitative estimate of drug-likeness (QED) is 0.602. The first-order valence-corrected chi connectivity index (χ1v) is 6.17. The molecule has 0 spiro atoms. The lowest BCUT2D eigenvalue weighted by Gasteiger charge is -2.06. The summed E-state index contributed by atoms with van der Waals surface area (Å²) >= 11 is 12.1. The molecule has 0 saturated carbocycles. The minimum atomic E-state index is -0.448. The highest BCUT2D eigenvalue weighted by Gasteiger charge is 2.18. The fourth-order valence-corrected chi connectivity index (χ4v) is 1.73. The van der Waals surface area contributed by atoms with Gasteiger partial charge in [-0.2, -0.15) is 0 Å². The van der Waals surface area contributed by atoms with Crippen LogP contribution in [0.4, 0.5) is 4.39 Å². The van der Waals surface area contributed by atoms with Gasteiger partial charge in [-0.3, -0.25) is 4.79 Å². The molecule has 0 amide bonds. The zero-order chi connectivity index (χ0) is 10.7. The van der Waals surface area contributed by atoms with E-state index in [2.05, 4.69) is 31.9 Å². The Kier molecular flexibility index (Phi) is 4.54. The Balaban J connectivity index is 3.02. The van der Waals surface area contributed by atoms with Gasteiger partial charge in [0.15, 0.2) is 5.78 Å². The molecule has 0 aromatic heterocycles. The maximum Gasteiger partial charge on any atom is 0.178 e. The molecule has 0 aliphatic carbocycles. The van der Waals surface area contributed by atoms with Crippen molar-refractivity contribution in [3.05, 3.63) is 34.6 Å².